The Morgan fingerprint density at radius 2 is 1.95 bits per heavy atom. The minimum atomic E-state index is -1.40. The average Bonchev–Trinajstić information content (AvgIpc) is 3.23. The number of ether oxygens (including phenoxy) is 1. The normalized spacial score (nSPS) is 29.5. The molecule has 12 heteroatoms. The first kappa shape index (κ1) is 29.5. The summed E-state index contributed by atoms with van der Waals surface area (Å²) >= 11 is 0. The van der Waals surface area contributed by atoms with Crippen LogP contribution in [0.15, 0.2) is 30.4 Å². The molecule has 2 fully saturated rings. The zero-order valence-electron chi connectivity index (χ0n) is 24.6. The number of alkyl carbamates (subject to hydrolysis) is 1. The van der Waals surface area contributed by atoms with Gasteiger partial charge in [-0.2, -0.15) is 15.0 Å². The summed E-state index contributed by atoms with van der Waals surface area (Å²) in [6.07, 6.45) is 7.14. The van der Waals surface area contributed by atoms with Crippen LogP contribution in [0.4, 0.5) is 4.79 Å². The maximum absolute atomic E-state index is 14.1. The van der Waals surface area contributed by atoms with Crippen molar-refractivity contribution < 1.29 is 29.0 Å². The molecule has 1 aliphatic carbocycles. The lowest BCUT2D eigenvalue weighted by Gasteiger charge is -2.30. The minimum absolute atomic E-state index is 0.132. The maximum Gasteiger partial charge on any atom is 0.408 e. The van der Waals surface area contributed by atoms with Gasteiger partial charge in [-0.1, -0.05) is 37.1 Å². The zero-order chi connectivity index (χ0) is 30.2. The number of rotatable bonds is 3. The van der Waals surface area contributed by atoms with Gasteiger partial charge in [0.25, 0.3) is 0 Å². The summed E-state index contributed by atoms with van der Waals surface area (Å²) < 4.78 is 5.44. The van der Waals surface area contributed by atoms with Crippen molar-refractivity contribution in [3.63, 3.8) is 0 Å². The summed E-state index contributed by atoms with van der Waals surface area (Å²) in [5, 5.41) is 24.9. The highest BCUT2D eigenvalue weighted by atomic mass is 16.6. The van der Waals surface area contributed by atoms with Crippen molar-refractivity contribution in [3.05, 3.63) is 35.9 Å². The summed E-state index contributed by atoms with van der Waals surface area (Å²) in [6.45, 7) is 7.31. The molecule has 3 N–H and O–H groups in total. The van der Waals surface area contributed by atoms with Gasteiger partial charge in [0, 0.05) is 18.9 Å². The van der Waals surface area contributed by atoms with E-state index in [9.17, 15) is 24.3 Å². The molecule has 2 aromatic rings. The fourth-order valence-corrected chi connectivity index (χ4v) is 5.95. The van der Waals surface area contributed by atoms with Gasteiger partial charge in [0.2, 0.25) is 11.8 Å². The summed E-state index contributed by atoms with van der Waals surface area (Å²) in [5.41, 5.74) is 0.248. The van der Waals surface area contributed by atoms with E-state index < -0.39 is 53.1 Å². The number of amides is 3. The van der Waals surface area contributed by atoms with Crippen LogP contribution in [0.1, 0.15) is 77.3 Å². The number of carboxylic acids is 1. The Bertz CT molecular complexity index is 1410. The molecule has 1 aromatic carbocycles. The second kappa shape index (κ2) is 11.4. The van der Waals surface area contributed by atoms with E-state index in [2.05, 4.69) is 20.8 Å². The highest BCUT2D eigenvalue weighted by molar-refractivity contribution is 5.96. The molecule has 0 radical (unpaired) electrons. The topological polar surface area (TPSA) is 156 Å². The molecule has 226 valence electrons. The predicted molar refractivity (Wildman–Crippen MR) is 153 cm³/mol. The molecule has 5 rings (SSSR count). The Labute approximate surface area is 244 Å². The summed E-state index contributed by atoms with van der Waals surface area (Å²) in [6, 6.07) is 3.39. The van der Waals surface area contributed by atoms with Gasteiger partial charge >= 0.3 is 12.1 Å². The van der Waals surface area contributed by atoms with Crippen molar-refractivity contribution in [1.82, 2.24) is 30.5 Å². The molecule has 12 nitrogen and oxygen atoms in total. The van der Waals surface area contributed by atoms with Crippen molar-refractivity contribution in [2.75, 3.05) is 6.54 Å². The van der Waals surface area contributed by atoms with Crippen LogP contribution in [0.3, 0.4) is 0 Å². The van der Waals surface area contributed by atoms with Crippen molar-refractivity contribution in [2.24, 2.45) is 5.92 Å². The molecular formula is C30H40N6O6. The van der Waals surface area contributed by atoms with Crippen LogP contribution in [0.5, 0.6) is 0 Å². The maximum atomic E-state index is 14.1. The van der Waals surface area contributed by atoms with Gasteiger partial charge in [0.15, 0.2) is 0 Å². The lowest BCUT2D eigenvalue weighted by Crippen LogP contribution is -2.56. The summed E-state index contributed by atoms with van der Waals surface area (Å²) in [5.74, 6) is -2.36. The van der Waals surface area contributed by atoms with E-state index in [0.29, 0.717) is 24.8 Å². The highest BCUT2D eigenvalue weighted by Gasteiger charge is 2.61. The molecule has 1 saturated heterocycles. The second-order valence-electron chi connectivity index (χ2n) is 12.7. The molecule has 0 bridgehead atoms. The number of aliphatic carboxylic acids is 1. The molecule has 5 atom stereocenters. The zero-order valence-corrected chi connectivity index (χ0v) is 24.6. The van der Waals surface area contributed by atoms with Gasteiger partial charge < -0.3 is 25.4 Å². The van der Waals surface area contributed by atoms with Crippen molar-refractivity contribution in [2.45, 2.75) is 102 Å². The lowest BCUT2D eigenvalue weighted by molar-refractivity contribution is -0.145. The van der Waals surface area contributed by atoms with E-state index in [1.807, 2.05) is 37.3 Å². The molecule has 42 heavy (non-hydrogen) atoms. The Hall–Kier alpha value is -3.96. The molecule has 1 saturated carbocycles. The van der Waals surface area contributed by atoms with Gasteiger partial charge in [-0.25, -0.2) is 9.59 Å². The highest BCUT2D eigenvalue weighted by Crippen LogP contribution is 2.45. The molecule has 3 amide bonds. The van der Waals surface area contributed by atoms with Gasteiger partial charge in [0.1, 0.15) is 34.3 Å². The molecule has 0 unspecified atom stereocenters. The van der Waals surface area contributed by atoms with Gasteiger partial charge in [-0.15, -0.1) is 0 Å². The first-order valence-electron chi connectivity index (χ1n) is 14.7. The molecular weight excluding hydrogens is 540 g/mol. The van der Waals surface area contributed by atoms with Crippen LogP contribution in [-0.2, 0) is 19.1 Å². The van der Waals surface area contributed by atoms with Gasteiger partial charge in [-0.3, -0.25) is 9.59 Å². The Morgan fingerprint density at radius 1 is 1.17 bits per heavy atom. The number of carboxylic acid groups (broad SMARTS) is 1. The monoisotopic (exact) mass is 580 g/mol. The number of nitrogens with one attached hydrogen (secondary N) is 2. The number of aryl methyl sites for hydroxylation is 1. The number of allylic oxidation sites excluding steroid dienone is 1. The summed E-state index contributed by atoms with van der Waals surface area (Å²) in [7, 11) is 0. The number of aromatic nitrogens is 3. The molecule has 3 heterocycles. The van der Waals surface area contributed by atoms with Gasteiger partial charge in [0.05, 0.1) is 6.04 Å². The number of hydrogen-bond donors (Lipinski definition) is 3. The van der Waals surface area contributed by atoms with Crippen molar-refractivity contribution in [3.8, 4) is 0 Å². The number of carbonyl (C=O) groups excluding carboxylic acids is 3. The Morgan fingerprint density at radius 3 is 2.67 bits per heavy atom. The Balaban J connectivity index is 1.47. The number of fused-ring (bicyclic) bond motifs is 3. The largest absolute Gasteiger partial charge is 0.479 e. The SMILES string of the molecule is Cc1cccc2nn([C@H]3C[C@H]4C(=O)N[C@@]5(C(=O)O)C[C@H]5/C=C\CCCCC[C@H](NC(=O)OC(C)(C)C)C(=O)N4C3)nc12. The van der Waals surface area contributed by atoms with E-state index in [0.717, 1.165) is 30.3 Å². The standard InChI is InChI=1S/C30H40N6O6/c1-18-11-10-14-21-24(18)34-36(33-21)20-15-23-25(37)32-30(27(39)40)16-19(30)12-8-6-5-7-9-13-22(26(38)35(23)17-20)31-28(41)42-29(2,3)4/h8,10-12,14,19-20,22-23H,5-7,9,13,15-17H2,1-4H3,(H,31,41)(H,32,37)(H,39,40)/b12-8-/t19-,20+,22+,23+,30+/m1/s1. The number of nitrogens with zero attached hydrogens (tertiary/aromatic N) is 4. The average molecular weight is 581 g/mol. The first-order valence-corrected chi connectivity index (χ1v) is 14.7. The van der Waals surface area contributed by atoms with E-state index in [1.54, 1.807) is 25.6 Å². The quantitative estimate of drug-likeness (QED) is 0.467. The van der Waals surface area contributed by atoms with Crippen LogP contribution in [-0.4, -0.2) is 78.6 Å². The smallest absolute Gasteiger partial charge is 0.408 e. The van der Waals surface area contributed by atoms with E-state index in [-0.39, 0.29) is 18.9 Å². The van der Waals surface area contributed by atoms with Crippen LogP contribution in [0.25, 0.3) is 11.0 Å². The van der Waals surface area contributed by atoms with Gasteiger partial charge in [-0.05, 0) is 65.0 Å². The van der Waals surface area contributed by atoms with E-state index >= 15 is 0 Å². The third-order valence-electron chi connectivity index (χ3n) is 8.28. The molecule has 1 aromatic heterocycles. The third kappa shape index (κ3) is 6.12. The van der Waals surface area contributed by atoms with Crippen LogP contribution in [0.2, 0.25) is 0 Å². The fraction of sp³-hybridized carbons (Fsp3) is 0.600. The van der Waals surface area contributed by atoms with Crippen LogP contribution in [0, 0.1) is 12.8 Å². The fourth-order valence-electron chi connectivity index (χ4n) is 5.95. The van der Waals surface area contributed by atoms with E-state index in [1.165, 1.54) is 4.90 Å². The number of carbonyl (C=O) groups is 4. The van der Waals surface area contributed by atoms with E-state index in [4.69, 9.17) is 4.74 Å². The molecule has 3 aliphatic rings. The second-order valence-corrected chi connectivity index (χ2v) is 12.7. The number of hydrogen-bond acceptors (Lipinski definition) is 7. The third-order valence-corrected chi connectivity index (χ3v) is 8.28. The summed E-state index contributed by atoms with van der Waals surface area (Å²) in [4.78, 5) is 56.0. The molecule has 0 spiro atoms. The predicted octanol–water partition coefficient (Wildman–Crippen LogP) is 3.25. The molecule has 2 aliphatic heterocycles. The van der Waals surface area contributed by atoms with Crippen molar-refractivity contribution >= 4 is 34.9 Å². The lowest BCUT2D eigenvalue weighted by atomic mass is 10.0. The van der Waals surface area contributed by atoms with Crippen LogP contribution < -0.4 is 10.6 Å². The van der Waals surface area contributed by atoms with Crippen LogP contribution >= 0.6 is 0 Å². The Kier molecular flexibility index (Phi) is 8.00. The van der Waals surface area contributed by atoms with Crippen molar-refractivity contribution in [1.29, 1.82) is 0 Å². The minimum Gasteiger partial charge on any atom is -0.479 e. The number of benzene rings is 1. The first-order chi connectivity index (χ1) is 19.9.